The van der Waals surface area contributed by atoms with Crippen molar-refractivity contribution >= 4 is 21.6 Å². The third-order valence-corrected chi connectivity index (χ3v) is 6.59. The maximum Gasteiger partial charge on any atom is 0.260 e. The first-order valence-electron chi connectivity index (χ1n) is 11.2. The Bertz CT molecular complexity index is 1300. The Morgan fingerprint density at radius 1 is 1.12 bits per heavy atom. The summed E-state index contributed by atoms with van der Waals surface area (Å²) in [5.41, 5.74) is 2.37. The second-order valence-electron chi connectivity index (χ2n) is 8.07. The largest absolute Gasteiger partial charge is 0.493 e. The van der Waals surface area contributed by atoms with Gasteiger partial charge in [0, 0.05) is 17.5 Å². The van der Waals surface area contributed by atoms with E-state index in [0.717, 1.165) is 29.7 Å². The number of nitrogens with one attached hydrogen (secondary N) is 1. The molecule has 0 saturated heterocycles. The maximum absolute atomic E-state index is 13.1. The molecule has 2 N–H and O–H groups in total. The quantitative estimate of drug-likeness (QED) is 0.345. The minimum absolute atomic E-state index is 0.175. The molecule has 0 aliphatic rings. The lowest BCUT2D eigenvalue weighted by molar-refractivity contribution is 0.107. The molecular formula is C26H29N3O4S. The average Bonchev–Trinajstić information content (AvgIpc) is 3.29. The molecule has 34 heavy (non-hydrogen) atoms. The summed E-state index contributed by atoms with van der Waals surface area (Å²) in [7, 11) is 3.18. The van der Waals surface area contributed by atoms with Crippen molar-refractivity contribution in [3.63, 3.8) is 0 Å². The molecule has 1 unspecified atom stereocenters. The zero-order valence-corrected chi connectivity index (χ0v) is 20.4. The van der Waals surface area contributed by atoms with Crippen LogP contribution in [0.3, 0.4) is 0 Å². The SMILES string of the molecule is CCCN(Cc1nc2scc(-c3ccc(OC)c(OC)c3)c2c(=O)[nH]1)CC(O)c1ccccc1. The molecule has 0 fully saturated rings. The van der Waals surface area contributed by atoms with E-state index < -0.39 is 6.10 Å². The number of aliphatic hydroxyl groups excluding tert-OH is 1. The minimum Gasteiger partial charge on any atom is -0.493 e. The zero-order chi connectivity index (χ0) is 24.1. The number of nitrogens with zero attached hydrogens (tertiary/aromatic N) is 2. The zero-order valence-electron chi connectivity index (χ0n) is 19.6. The summed E-state index contributed by atoms with van der Waals surface area (Å²) in [4.78, 5) is 23.6. The Labute approximate surface area is 202 Å². The number of hydrogen-bond acceptors (Lipinski definition) is 7. The van der Waals surface area contributed by atoms with Crippen LogP contribution < -0.4 is 15.0 Å². The highest BCUT2D eigenvalue weighted by Gasteiger charge is 2.18. The molecule has 0 bridgehead atoms. The smallest absolute Gasteiger partial charge is 0.260 e. The van der Waals surface area contributed by atoms with Gasteiger partial charge in [-0.2, -0.15) is 0 Å². The van der Waals surface area contributed by atoms with Crippen molar-refractivity contribution in [1.29, 1.82) is 0 Å². The fourth-order valence-electron chi connectivity index (χ4n) is 4.07. The van der Waals surface area contributed by atoms with Gasteiger partial charge in [0.1, 0.15) is 10.7 Å². The van der Waals surface area contributed by atoms with Crippen molar-refractivity contribution in [2.75, 3.05) is 27.3 Å². The van der Waals surface area contributed by atoms with Gasteiger partial charge in [0.05, 0.1) is 32.3 Å². The first kappa shape index (κ1) is 23.9. The Morgan fingerprint density at radius 2 is 1.88 bits per heavy atom. The number of ether oxygens (including phenoxy) is 2. The van der Waals surface area contributed by atoms with Crippen LogP contribution in [0.1, 0.15) is 30.8 Å². The lowest BCUT2D eigenvalue weighted by Gasteiger charge is -2.24. The predicted octanol–water partition coefficient (Wildman–Crippen LogP) is 4.61. The maximum atomic E-state index is 13.1. The van der Waals surface area contributed by atoms with Crippen LogP contribution in [0.2, 0.25) is 0 Å². The molecule has 0 aliphatic carbocycles. The van der Waals surface area contributed by atoms with Crippen molar-refractivity contribution in [1.82, 2.24) is 14.9 Å². The summed E-state index contributed by atoms with van der Waals surface area (Å²) >= 11 is 1.44. The molecule has 2 aromatic carbocycles. The molecule has 2 aromatic heterocycles. The van der Waals surface area contributed by atoms with Crippen molar-refractivity contribution in [3.8, 4) is 22.6 Å². The molecule has 0 amide bonds. The highest BCUT2D eigenvalue weighted by molar-refractivity contribution is 7.17. The number of hydrogen-bond donors (Lipinski definition) is 2. The van der Waals surface area contributed by atoms with Crippen LogP contribution in [0.4, 0.5) is 0 Å². The number of H-pyrrole nitrogens is 1. The van der Waals surface area contributed by atoms with Gasteiger partial charge in [0.2, 0.25) is 0 Å². The molecule has 0 saturated carbocycles. The number of methoxy groups -OCH3 is 2. The molecule has 0 aliphatic heterocycles. The van der Waals surface area contributed by atoms with Gasteiger partial charge < -0.3 is 19.6 Å². The Morgan fingerprint density at radius 3 is 2.59 bits per heavy atom. The van der Waals surface area contributed by atoms with Crippen LogP contribution in [0.5, 0.6) is 11.5 Å². The molecule has 4 rings (SSSR count). The number of aromatic nitrogens is 2. The van der Waals surface area contributed by atoms with E-state index in [9.17, 15) is 9.90 Å². The van der Waals surface area contributed by atoms with E-state index in [1.54, 1.807) is 14.2 Å². The van der Waals surface area contributed by atoms with Crippen molar-refractivity contribution in [2.45, 2.75) is 26.0 Å². The molecule has 0 spiro atoms. The van der Waals surface area contributed by atoms with Gasteiger partial charge in [0.25, 0.3) is 5.56 Å². The second kappa shape index (κ2) is 10.8. The summed E-state index contributed by atoms with van der Waals surface area (Å²) in [5.74, 6) is 1.83. The Hall–Kier alpha value is -3.20. The molecule has 0 radical (unpaired) electrons. The summed E-state index contributed by atoms with van der Waals surface area (Å²) < 4.78 is 10.7. The molecule has 4 aromatic rings. The Balaban J connectivity index is 1.60. The molecular weight excluding hydrogens is 450 g/mol. The van der Waals surface area contributed by atoms with E-state index in [4.69, 9.17) is 14.5 Å². The lowest BCUT2D eigenvalue weighted by atomic mass is 10.1. The highest BCUT2D eigenvalue weighted by atomic mass is 32.1. The van der Waals surface area contributed by atoms with E-state index in [1.807, 2.05) is 53.9 Å². The van der Waals surface area contributed by atoms with Gasteiger partial charge in [0.15, 0.2) is 11.5 Å². The van der Waals surface area contributed by atoms with Crippen molar-refractivity contribution in [2.24, 2.45) is 0 Å². The molecule has 178 valence electrons. The van der Waals surface area contributed by atoms with Crippen LogP contribution >= 0.6 is 11.3 Å². The number of aromatic amines is 1. The topological polar surface area (TPSA) is 87.7 Å². The van der Waals surface area contributed by atoms with Gasteiger partial charge in [-0.25, -0.2) is 4.98 Å². The number of rotatable bonds is 10. The first-order valence-corrected chi connectivity index (χ1v) is 12.1. The third-order valence-electron chi connectivity index (χ3n) is 5.72. The molecule has 2 heterocycles. The molecule has 1 atom stereocenters. The fraction of sp³-hybridized carbons (Fsp3) is 0.308. The fourth-order valence-corrected chi connectivity index (χ4v) is 5.04. The van der Waals surface area contributed by atoms with Crippen molar-refractivity contribution in [3.05, 3.63) is 75.7 Å². The third kappa shape index (κ3) is 5.14. The van der Waals surface area contributed by atoms with E-state index in [-0.39, 0.29) is 5.56 Å². The highest BCUT2D eigenvalue weighted by Crippen LogP contribution is 2.36. The summed E-state index contributed by atoms with van der Waals surface area (Å²) in [6.45, 7) is 3.79. The number of fused-ring (bicyclic) bond motifs is 1. The predicted molar refractivity (Wildman–Crippen MR) is 136 cm³/mol. The van der Waals surface area contributed by atoms with Crippen LogP contribution in [0, 0.1) is 0 Å². The van der Waals surface area contributed by atoms with Crippen LogP contribution in [-0.4, -0.2) is 47.3 Å². The van der Waals surface area contributed by atoms with E-state index >= 15 is 0 Å². The monoisotopic (exact) mass is 479 g/mol. The standard InChI is InChI=1S/C26H29N3O4S/c1-4-12-29(14-20(30)17-8-6-5-7-9-17)15-23-27-25(31)24-19(16-34-26(24)28-23)18-10-11-21(32-2)22(13-18)33-3/h5-11,13,16,20,30H,4,12,14-15H2,1-3H3,(H,27,28,31). The summed E-state index contributed by atoms with van der Waals surface area (Å²) in [5, 5.41) is 13.2. The first-order chi connectivity index (χ1) is 16.5. The summed E-state index contributed by atoms with van der Waals surface area (Å²) in [6.07, 6.45) is 0.317. The van der Waals surface area contributed by atoms with Gasteiger partial charge >= 0.3 is 0 Å². The average molecular weight is 480 g/mol. The molecule has 7 nitrogen and oxygen atoms in total. The number of aliphatic hydroxyl groups is 1. The Kier molecular flexibility index (Phi) is 7.62. The van der Waals surface area contributed by atoms with Gasteiger partial charge in [-0.1, -0.05) is 43.3 Å². The lowest BCUT2D eigenvalue weighted by Crippen LogP contribution is -2.30. The number of thiophene rings is 1. The van der Waals surface area contributed by atoms with E-state index in [0.29, 0.717) is 40.6 Å². The molecule has 8 heteroatoms. The van der Waals surface area contributed by atoms with Gasteiger partial charge in [-0.3, -0.25) is 9.69 Å². The van der Waals surface area contributed by atoms with Crippen LogP contribution in [0.25, 0.3) is 21.3 Å². The van der Waals surface area contributed by atoms with Gasteiger partial charge in [-0.05, 0) is 36.2 Å². The normalized spacial score (nSPS) is 12.3. The summed E-state index contributed by atoms with van der Waals surface area (Å²) in [6, 6.07) is 15.2. The van der Waals surface area contributed by atoms with Crippen LogP contribution in [0.15, 0.2) is 58.7 Å². The van der Waals surface area contributed by atoms with E-state index in [2.05, 4.69) is 16.8 Å². The van der Waals surface area contributed by atoms with Gasteiger partial charge in [-0.15, -0.1) is 11.3 Å². The van der Waals surface area contributed by atoms with Crippen molar-refractivity contribution < 1.29 is 14.6 Å². The van der Waals surface area contributed by atoms with Crippen LogP contribution in [-0.2, 0) is 6.54 Å². The number of benzene rings is 2. The minimum atomic E-state index is -0.610. The van der Waals surface area contributed by atoms with E-state index in [1.165, 1.54) is 11.3 Å². The second-order valence-corrected chi connectivity index (χ2v) is 8.93.